The quantitative estimate of drug-likeness (QED) is 0.244. The Bertz CT molecular complexity index is 682. The van der Waals surface area contributed by atoms with Gasteiger partial charge in [0.25, 0.3) is 0 Å². The molecule has 0 radical (unpaired) electrons. The van der Waals surface area contributed by atoms with Crippen LogP contribution in [0.4, 0.5) is 5.69 Å². The summed E-state index contributed by atoms with van der Waals surface area (Å²) in [6.07, 6.45) is 0.855. The van der Waals surface area contributed by atoms with Crippen molar-refractivity contribution in [1.29, 1.82) is 0 Å². The van der Waals surface area contributed by atoms with Gasteiger partial charge in [-0.15, -0.1) is 24.0 Å². The van der Waals surface area contributed by atoms with Crippen LogP contribution in [-0.2, 0) is 10.0 Å². The molecular formula is C15H25IN4O4S. The molecule has 25 heavy (non-hydrogen) atoms. The normalized spacial score (nSPS) is 14.2. The van der Waals surface area contributed by atoms with E-state index in [1.807, 2.05) is 18.2 Å². The van der Waals surface area contributed by atoms with Crippen LogP contribution in [0, 0.1) is 0 Å². The molecule has 0 amide bonds. The number of benzene rings is 1. The van der Waals surface area contributed by atoms with E-state index in [1.54, 1.807) is 14.0 Å². The molecule has 1 heterocycles. The lowest BCUT2D eigenvalue weighted by molar-refractivity contribution is 0.297. The van der Waals surface area contributed by atoms with Gasteiger partial charge < -0.3 is 20.1 Å². The van der Waals surface area contributed by atoms with Crippen molar-refractivity contribution in [3.05, 3.63) is 18.2 Å². The largest absolute Gasteiger partial charge is 0.490 e. The first-order chi connectivity index (χ1) is 11.5. The van der Waals surface area contributed by atoms with E-state index in [-0.39, 0.29) is 36.3 Å². The van der Waals surface area contributed by atoms with Crippen molar-refractivity contribution in [2.24, 2.45) is 4.99 Å². The Morgan fingerprint density at radius 1 is 1.20 bits per heavy atom. The standard InChI is InChI=1S/C15H24N4O4S.HI/c1-3-24(20,21)18-8-7-17-15(16-2)19-12-5-6-13-14(11-12)23-10-4-9-22-13;/h5-6,11,18H,3-4,7-10H2,1-2H3,(H2,16,17,19);1H. The van der Waals surface area contributed by atoms with Crippen molar-refractivity contribution >= 4 is 45.6 Å². The summed E-state index contributed by atoms with van der Waals surface area (Å²) in [6, 6.07) is 5.58. The van der Waals surface area contributed by atoms with E-state index in [4.69, 9.17) is 9.47 Å². The summed E-state index contributed by atoms with van der Waals surface area (Å²) in [7, 11) is -1.53. The van der Waals surface area contributed by atoms with Crippen molar-refractivity contribution in [3.63, 3.8) is 0 Å². The van der Waals surface area contributed by atoms with Crippen LogP contribution in [0.25, 0.3) is 0 Å². The lowest BCUT2D eigenvalue weighted by Gasteiger charge is -2.14. The highest BCUT2D eigenvalue weighted by atomic mass is 127. The van der Waals surface area contributed by atoms with E-state index in [0.29, 0.717) is 31.5 Å². The number of hydrogen-bond donors (Lipinski definition) is 3. The summed E-state index contributed by atoms with van der Waals surface area (Å²) < 4.78 is 36.5. The molecule has 1 aromatic carbocycles. The third kappa shape index (κ3) is 7.24. The second-order valence-corrected chi connectivity index (χ2v) is 7.23. The number of fused-ring (bicyclic) bond motifs is 1. The van der Waals surface area contributed by atoms with Crippen LogP contribution in [0.3, 0.4) is 0 Å². The zero-order valence-electron chi connectivity index (χ0n) is 14.4. The molecule has 0 saturated carbocycles. The smallest absolute Gasteiger partial charge is 0.211 e. The molecule has 0 aliphatic carbocycles. The number of sulfonamides is 1. The Balaban J connectivity index is 0.00000312. The molecule has 2 rings (SSSR count). The van der Waals surface area contributed by atoms with Crippen LogP contribution in [0.15, 0.2) is 23.2 Å². The number of aliphatic imine (C=N–C) groups is 1. The highest BCUT2D eigenvalue weighted by Crippen LogP contribution is 2.32. The molecule has 1 aromatic rings. The first-order valence-corrected chi connectivity index (χ1v) is 9.54. The summed E-state index contributed by atoms with van der Waals surface area (Å²) >= 11 is 0. The van der Waals surface area contributed by atoms with E-state index < -0.39 is 10.0 Å². The Morgan fingerprint density at radius 2 is 1.92 bits per heavy atom. The van der Waals surface area contributed by atoms with Gasteiger partial charge in [-0.1, -0.05) is 0 Å². The minimum Gasteiger partial charge on any atom is -0.490 e. The maximum Gasteiger partial charge on any atom is 0.211 e. The van der Waals surface area contributed by atoms with Crippen LogP contribution in [0.5, 0.6) is 11.5 Å². The number of anilines is 1. The van der Waals surface area contributed by atoms with Crippen LogP contribution in [-0.4, -0.2) is 53.5 Å². The first-order valence-electron chi connectivity index (χ1n) is 7.88. The molecule has 0 aromatic heterocycles. The SMILES string of the molecule is CCS(=O)(=O)NCCNC(=NC)Nc1ccc2c(c1)OCCCO2.I. The van der Waals surface area contributed by atoms with Gasteiger partial charge in [0.2, 0.25) is 10.0 Å². The van der Waals surface area contributed by atoms with Gasteiger partial charge in [-0.3, -0.25) is 4.99 Å². The van der Waals surface area contributed by atoms with Gasteiger partial charge in [-0.2, -0.15) is 0 Å². The molecule has 0 saturated heterocycles. The van der Waals surface area contributed by atoms with Crippen LogP contribution >= 0.6 is 24.0 Å². The number of rotatable bonds is 6. The molecule has 1 aliphatic heterocycles. The summed E-state index contributed by atoms with van der Waals surface area (Å²) in [5, 5.41) is 6.18. The Morgan fingerprint density at radius 3 is 2.60 bits per heavy atom. The van der Waals surface area contributed by atoms with Crippen molar-refractivity contribution in [2.45, 2.75) is 13.3 Å². The summed E-state index contributed by atoms with van der Waals surface area (Å²) in [4.78, 5) is 4.11. The predicted octanol–water partition coefficient (Wildman–Crippen LogP) is 1.39. The number of nitrogens with one attached hydrogen (secondary N) is 3. The maximum atomic E-state index is 11.4. The summed E-state index contributed by atoms with van der Waals surface area (Å²) in [5.41, 5.74) is 0.807. The van der Waals surface area contributed by atoms with Gasteiger partial charge >= 0.3 is 0 Å². The Kier molecular flexibility index (Phi) is 9.28. The highest BCUT2D eigenvalue weighted by Gasteiger charge is 2.11. The minimum atomic E-state index is -3.18. The van der Waals surface area contributed by atoms with Crippen molar-refractivity contribution in [1.82, 2.24) is 10.0 Å². The van der Waals surface area contributed by atoms with E-state index in [9.17, 15) is 8.42 Å². The molecule has 1 aliphatic rings. The lowest BCUT2D eigenvalue weighted by Crippen LogP contribution is -2.38. The summed E-state index contributed by atoms with van der Waals surface area (Å²) in [6.45, 7) is 3.58. The molecule has 142 valence electrons. The number of guanidine groups is 1. The zero-order chi connectivity index (χ0) is 17.4. The Labute approximate surface area is 165 Å². The second kappa shape index (κ2) is 10.7. The van der Waals surface area contributed by atoms with Gasteiger partial charge in [0.05, 0.1) is 19.0 Å². The monoisotopic (exact) mass is 484 g/mol. The van der Waals surface area contributed by atoms with Crippen molar-refractivity contribution < 1.29 is 17.9 Å². The second-order valence-electron chi connectivity index (χ2n) is 5.13. The average molecular weight is 484 g/mol. The lowest BCUT2D eigenvalue weighted by atomic mass is 10.3. The van der Waals surface area contributed by atoms with Gasteiger partial charge in [0.1, 0.15) is 0 Å². The van der Waals surface area contributed by atoms with E-state index in [2.05, 4.69) is 20.3 Å². The Hall–Kier alpha value is -1.27. The summed E-state index contributed by atoms with van der Waals surface area (Å²) in [5.74, 6) is 2.04. The predicted molar refractivity (Wildman–Crippen MR) is 110 cm³/mol. The number of ether oxygens (including phenoxy) is 2. The molecule has 0 bridgehead atoms. The van der Waals surface area contributed by atoms with Gasteiger partial charge in [-0.05, 0) is 19.1 Å². The molecule has 3 N–H and O–H groups in total. The maximum absolute atomic E-state index is 11.4. The third-order valence-electron chi connectivity index (χ3n) is 3.35. The molecule has 0 spiro atoms. The first kappa shape index (κ1) is 21.8. The molecule has 0 atom stereocenters. The highest BCUT2D eigenvalue weighted by molar-refractivity contribution is 14.0. The van der Waals surface area contributed by atoms with Gasteiger partial charge in [-0.25, -0.2) is 13.1 Å². The van der Waals surface area contributed by atoms with Crippen LogP contribution in [0.1, 0.15) is 13.3 Å². The molecule has 0 fully saturated rings. The fourth-order valence-electron chi connectivity index (χ4n) is 2.05. The molecule has 8 nitrogen and oxygen atoms in total. The average Bonchev–Trinajstić information content (AvgIpc) is 2.82. The number of halogens is 1. The van der Waals surface area contributed by atoms with Crippen molar-refractivity contribution in [2.75, 3.05) is 44.4 Å². The van der Waals surface area contributed by atoms with E-state index >= 15 is 0 Å². The van der Waals surface area contributed by atoms with Gasteiger partial charge in [0.15, 0.2) is 17.5 Å². The number of nitrogens with zero attached hydrogens (tertiary/aromatic N) is 1. The molecule has 0 unspecified atom stereocenters. The third-order valence-corrected chi connectivity index (χ3v) is 4.76. The van der Waals surface area contributed by atoms with Gasteiger partial charge in [0, 0.05) is 38.3 Å². The fourth-order valence-corrected chi connectivity index (χ4v) is 2.66. The van der Waals surface area contributed by atoms with Crippen LogP contribution < -0.4 is 24.8 Å². The molecule has 10 heteroatoms. The van der Waals surface area contributed by atoms with E-state index in [1.165, 1.54) is 0 Å². The minimum absolute atomic E-state index is 0. The molecular weight excluding hydrogens is 459 g/mol. The fraction of sp³-hybridized carbons (Fsp3) is 0.533. The van der Waals surface area contributed by atoms with Crippen LogP contribution in [0.2, 0.25) is 0 Å². The number of hydrogen-bond acceptors (Lipinski definition) is 5. The van der Waals surface area contributed by atoms with Crippen molar-refractivity contribution in [3.8, 4) is 11.5 Å². The topological polar surface area (TPSA) is 101 Å². The van der Waals surface area contributed by atoms with E-state index in [0.717, 1.165) is 17.9 Å². The zero-order valence-corrected chi connectivity index (χ0v) is 17.5.